The van der Waals surface area contributed by atoms with Crippen molar-refractivity contribution in [3.63, 3.8) is 0 Å². The summed E-state index contributed by atoms with van der Waals surface area (Å²) in [5.41, 5.74) is 0.709. The van der Waals surface area contributed by atoms with Gasteiger partial charge in [-0.1, -0.05) is 18.2 Å². The number of morpholine rings is 1. The summed E-state index contributed by atoms with van der Waals surface area (Å²) in [6.45, 7) is 2.41. The van der Waals surface area contributed by atoms with Gasteiger partial charge in [-0.15, -0.1) is 0 Å². The predicted molar refractivity (Wildman–Crippen MR) is 66.8 cm³/mol. The highest BCUT2D eigenvalue weighted by molar-refractivity contribution is 7.89. The molecular weight excluding hydrogens is 254 g/mol. The number of hydrogen-bond acceptors (Lipinski definition) is 4. The van der Waals surface area contributed by atoms with Crippen LogP contribution in [0.25, 0.3) is 0 Å². The van der Waals surface area contributed by atoms with E-state index in [0.29, 0.717) is 17.1 Å². The first-order chi connectivity index (χ1) is 8.57. The summed E-state index contributed by atoms with van der Waals surface area (Å²) in [5.74, 6) is 0. The zero-order valence-electron chi connectivity index (χ0n) is 10.2. The number of aliphatic hydroxyl groups is 1. The van der Waals surface area contributed by atoms with Gasteiger partial charge in [0.1, 0.15) is 0 Å². The summed E-state index contributed by atoms with van der Waals surface area (Å²) >= 11 is 0. The van der Waals surface area contributed by atoms with Crippen LogP contribution in [0.3, 0.4) is 0 Å². The van der Waals surface area contributed by atoms with Crippen LogP contribution in [0.15, 0.2) is 29.2 Å². The Balaban J connectivity index is 2.39. The average Bonchev–Trinajstić information content (AvgIpc) is 2.39. The van der Waals surface area contributed by atoms with Crippen LogP contribution in [0.2, 0.25) is 0 Å². The number of aryl methyl sites for hydroxylation is 1. The number of sulfonamides is 1. The molecule has 18 heavy (non-hydrogen) atoms. The average molecular weight is 271 g/mol. The number of aliphatic hydroxyl groups excluding tert-OH is 1. The molecule has 2 rings (SSSR count). The highest BCUT2D eigenvalue weighted by Gasteiger charge is 2.34. The van der Waals surface area contributed by atoms with Crippen molar-refractivity contribution in [1.82, 2.24) is 4.31 Å². The lowest BCUT2D eigenvalue weighted by molar-refractivity contribution is 0.0109. The first kappa shape index (κ1) is 13.5. The molecule has 0 aliphatic carbocycles. The van der Waals surface area contributed by atoms with Crippen LogP contribution < -0.4 is 0 Å². The van der Waals surface area contributed by atoms with E-state index in [0.717, 1.165) is 0 Å². The fourth-order valence-electron chi connectivity index (χ4n) is 2.07. The summed E-state index contributed by atoms with van der Waals surface area (Å²) in [5, 5.41) is 9.25. The lowest BCUT2D eigenvalue weighted by Gasteiger charge is -2.33. The molecule has 0 saturated carbocycles. The quantitative estimate of drug-likeness (QED) is 0.863. The van der Waals surface area contributed by atoms with Crippen molar-refractivity contribution >= 4 is 10.0 Å². The van der Waals surface area contributed by atoms with Crippen LogP contribution in [-0.4, -0.2) is 50.2 Å². The maximum absolute atomic E-state index is 12.5. The van der Waals surface area contributed by atoms with Crippen LogP contribution >= 0.6 is 0 Å². The SMILES string of the molecule is Cc1ccccc1S(=O)(=O)N1CCOCC1CO. The van der Waals surface area contributed by atoms with Gasteiger partial charge in [0, 0.05) is 6.54 Å². The van der Waals surface area contributed by atoms with E-state index >= 15 is 0 Å². The molecule has 1 aromatic rings. The molecular formula is C12H17NO4S. The molecule has 1 aliphatic rings. The smallest absolute Gasteiger partial charge is 0.243 e. The van der Waals surface area contributed by atoms with Gasteiger partial charge in [0.2, 0.25) is 10.0 Å². The van der Waals surface area contributed by atoms with E-state index < -0.39 is 16.1 Å². The molecule has 1 fully saturated rings. The topological polar surface area (TPSA) is 66.8 Å². The molecule has 0 radical (unpaired) electrons. The van der Waals surface area contributed by atoms with Crippen LogP contribution in [0.5, 0.6) is 0 Å². The predicted octanol–water partition coefficient (Wildman–Crippen LogP) is 0.377. The number of rotatable bonds is 3. The molecule has 100 valence electrons. The number of hydrogen-bond donors (Lipinski definition) is 1. The van der Waals surface area contributed by atoms with Crippen molar-refractivity contribution < 1.29 is 18.3 Å². The Morgan fingerprint density at radius 3 is 2.83 bits per heavy atom. The molecule has 6 heteroatoms. The van der Waals surface area contributed by atoms with Crippen molar-refractivity contribution in [1.29, 1.82) is 0 Å². The summed E-state index contributed by atoms with van der Waals surface area (Å²) < 4.78 is 31.6. The van der Waals surface area contributed by atoms with Gasteiger partial charge in [-0.25, -0.2) is 8.42 Å². The molecule has 1 atom stereocenters. The lowest BCUT2D eigenvalue weighted by Crippen LogP contribution is -2.50. The van der Waals surface area contributed by atoms with Crippen LogP contribution in [0.4, 0.5) is 0 Å². The van der Waals surface area contributed by atoms with Gasteiger partial charge >= 0.3 is 0 Å². The molecule has 0 bridgehead atoms. The van der Waals surface area contributed by atoms with Gasteiger partial charge in [-0.05, 0) is 18.6 Å². The second kappa shape index (κ2) is 5.36. The van der Waals surface area contributed by atoms with Gasteiger partial charge in [0.05, 0.1) is 30.8 Å². The van der Waals surface area contributed by atoms with Gasteiger partial charge in [-0.3, -0.25) is 0 Å². The maximum atomic E-state index is 12.5. The van der Waals surface area contributed by atoms with Gasteiger partial charge in [0.15, 0.2) is 0 Å². The van der Waals surface area contributed by atoms with E-state index in [1.54, 1.807) is 31.2 Å². The van der Waals surface area contributed by atoms with E-state index in [2.05, 4.69) is 0 Å². The highest BCUT2D eigenvalue weighted by Crippen LogP contribution is 2.22. The van der Waals surface area contributed by atoms with E-state index in [1.807, 2.05) is 0 Å². The lowest BCUT2D eigenvalue weighted by atomic mass is 10.2. The van der Waals surface area contributed by atoms with Gasteiger partial charge < -0.3 is 9.84 Å². The minimum Gasteiger partial charge on any atom is -0.395 e. The Kier molecular flexibility index (Phi) is 4.01. The van der Waals surface area contributed by atoms with Crippen LogP contribution in [0.1, 0.15) is 5.56 Å². The Bertz CT molecular complexity index is 515. The third-order valence-electron chi connectivity index (χ3n) is 3.06. The first-order valence-corrected chi connectivity index (χ1v) is 7.27. The van der Waals surface area contributed by atoms with Crippen LogP contribution in [-0.2, 0) is 14.8 Å². The Morgan fingerprint density at radius 1 is 1.44 bits per heavy atom. The van der Waals surface area contributed by atoms with Gasteiger partial charge in [-0.2, -0.15) is 4.31 Å². The molecule has 0 aromatic heterocycles. The molecule has 1 unspecified atom stereocenters. The normalized spacial score (nSPS) is 22.0. The monoisotopic (exact) mass is 271 g/mol. The largest absolute Gasteiger partial charge is 0.395 e. The van der Waals surface area contributed by atoms with Crippen molar-refractivity contribution in [2.24, 2.45) is 0 Å². The van der Waals surface area contributed by atoms with Crippen molar-refractivity contribution in [2.45, 2.75) is 17.9 Å². The third kappa shape index (κ3) is 2.42. The Labute approximate surface area is 107 Å². The minimum atomic E-state index is -3.56. The van der Waals surface area contributed by atoms with E-state index in [9.17, 15) is 13.5 Å². The standard InChI is InChI=1S/C12H17NO4S/c1-10-4-2-3-5-12(10)18(15,16)13-6-7-17-9-11(13)8-14/h2-5,11,14H,6-9H2,1H3. The second-order valence-corrected chi connectivity index (χ2v) is 6.15. The summed E-state index contributed by atoms with van der Waals surface area (Å²) in [6, 6.07) is 6.37. The molecule has 1 saturated heterocycles. The van der Waals surface area contributed by atoms with Crippen molar-refractivity contribution in [3.8, 4) is 0 Å². The third-order valence-corrected chi connectivity index (χ3v) is 5.18. The van der Waals surface area contributed by atoms with Crippen molar-refractivity contribution in [3.05, 3.63) is 29.8 Å². The summed E-state index contributed by atoms with van der Waals surface area (Å²) in [4.78, 5) is 0.297. The molecule has 5 nitrogen and oxygen atoms in total. The molecule has 1 aromatic carbocycles. The Hall–Kier alpha value is -0.950. The summed E-state index contributed by atoms with van der Waals surface area (Å²) in [7, 11) is -3.56. The zero-order chi connectivity index (χ0) is 13.2. The summed E-state index contributed by atoms with van der Waals surface area (Å²) in [6.07, 6.45) is 0. The maximum Gasteiger partial charge on any atom is 0.243 e. The first-order valence-electron chi connectivity index (χ1n) is 5.83. The molecule has 1 N–H and O–H groups in total. The fraction of sp³-hybridized carbons (Fsp3) is 0.500. The van der Waals surface area contributed by atoms with Crippen molar-refractivity contribution in [2.75, 3.05) is 26.4 Å². The minimum absolute atomic E-state index is 0.231. The molecule has 1 aliphatic heterocycles. The van der Waals surface area contributed by atoms with E-state index in [-0.39, 0.29) is 19.8 Å². The van der Waals surface area contributed by atoms with Gasteiger partial charge in [0.25, 0.3) is 0 Å². The number of nitrogens with zero attached hydrogens (tertiary/aromatic N) is 1. The number of ether oxygens (including phenoxy) is 1. The highest BCUT2D eigenvalue weighted by atomic mass is 32.2. The second-order valence-electron chi connectivity index (χ2n) is 4.29. The Morgan fingerprint density at radius 2 is 2.17 bits per heavy atom. The molecule has 0 spiro atoms. The fourth-order valence-corrected chi connectivity index (χ4v) is 3.89. The zero-order valence-corrected chi connectivity index (χ0v) is 11.1. The van der Waals surface area contributed by atoms with E-state index in [4.69, 9.17) is 4.74 Å². The number of benzene rings is 1. The van der Waals surface area contributed by atoms with E-state index in [1.165, 1.54) is 4.31 Å². The molecule has 1 heterocycles. The van der Waals surface area contributed by atoms with Crippen LogP contribution in [0, 0.1) is 6.92 Å². The molecule has 0 amide bonds.